The predicted octanol–water partition coefficient (Wildman–Crippen LogP) is 13.9. The van der Waals surface area contributed by atoms with Crippen LogP contribution in [0.2, 0.25) is 0 Å². The quantitative estimate of drug-likeness (QED) is 0.163. The number of anilines is 4. The van der Waals surface area contributed by atoms with E-state index in [0.717, 1.165) is 11.2 Å². The third kappa shape index (κ3) is 4.63. The zero-order chi connectivity index (χ0) is 41.3. The Balaban J connectivity index is 1.25. The lowest BCUT2D eigenvalue weighted by molar-refractivity contribution is 0.195. The molecule has 7 aromatic rings. The van der Waals surface area contributed by atoms with E-state index in [1.54, 1.807) is 5.56 Å². The van der Waals surface area contributed by atoms with Gasteiger partial charge in [0.2, 0.25) is 0 Å². The van der Waals surface area contributed by atoms with Crippen molar-refractivity contribution in [3.63, 3.8) is 0 Å². The van der Waals surface area contributed by atoms with Gasteiger partial charge in [0.1, 0.15) is 5.58 Å². The van der Waals surface area contributed by atoms with Crippen molar-refractivity contribution in [2.45, 2.75) is 128 Å². The molecular weight excluding hydrogens is 727 g/mol. The predicted molar refractivity (Wildman–Crippen MR) is 255 cm³/mol. The van der Waals surface area contributed by atoms with Gasteiger partial charge < -0.3 is 14.1 Å². The van der Waals surface area contributed by atoms with Crippen molar-refractivity contribution in [3.8, 4) is 22.3 Å². The summed E-state index contributed by atoms with van der Waals surface area (Å²) < 4.78 is 7.38. The van der Waals surface area contributed by atoms with Gasteiger partial charge in [-0.15, -0.1) is 0 Å². The maximum absolute atomic E-state index is 7.38. The average Bonchev–Trinajstić information content (AvgIpc) is 3.71. The standard InChI is InChI=1S/C56H57BN2O/c1-52(2,3)36-30-44-50-45(31-36)57-48-41(28-35(34-18-12-10-13-19-34)29-46(48)58(50)56(9)25-17-16-24-55(44,56)8)38-22-23-39-40-32-42-43(54(6,7)27-26-53(42,4)5)33-47(40)60-51(39)49(38)59(57)37-20-14-11-15-21-37/h10-15,18-23,28-33H,16-17,24-27H2,1-9H3. The topological polar surface area (TPSA) is 19.6 Å². The Morgan fingerprint density at radius 3 is 2.00 bits per heavy atom. The summed E-state index contributed by atoms with van der Waals surface area (Å²) in [6, 6.07) is 42.3. The first-order valence-corrected chi connectivity index (χ1v) is 22.7. The zero-order valence-electron chi connectivity index (χ0n) is 37.0. The van der Waals surface area contributed by atoms with E-state index in [1.165, 1.54) is 122 Å². The van der Waals surface area contributed by atoms with Crippen LogP contribution in [0.3, 0.4) is 0 Å². The summed E-state index contributed by atoms with van der Waals surface area (Å²) in [6.45, 7) is 22.0. The summed E-state index contributed by atoms with van der Waals surface area (Å²) in [5, 5.41) is 2.43. The minimum absolute atomic E-state index is 0.0107. The van der Waals surface area contributed by atoms with Gasteiger partial charge in [0.05, 0.1) is 11.2 Å². The molecular formula is C56H57BN2O. The Kier molecular flexibility index (Phi) is 7.19. The number of hydrogen-bond acceptors (Lipinski definition) is 3. The molecule has 4 heterocycles. The monoisotopic (exact) mass is 784 g/mol. The van der Waals surface area contributed by atoms with Crippen molar-refractivity contribution in [2.75, 3.05) is 9.71 Å². The summed E-state index contributed by atoms with van der Waals surface area (Å²) in [4.78, 5) is 5.56. The van der Waals surface area contributed by atoms with E-state index in [1.807, 2.05) is 0 Å². The fraction of sp³-hybridized carbons (Fsp3) is 0.357. The second-order valence-electron chi connectivity index (χ2n) is 21.9. The average molecular weight is 785 g/mol. The highest BCUT2D eigenvalue weighted by Crippen LogP contribution is 2.63. The van der Waals surface area contributed by atoms with Crippen LogP contribution in [-0.4, -0.2) is 12.4 Å². The number of furan rings is 1. The van der Waals surface area contributed by atoms with Gasteiger partial charge in [-0.2, -0.15) is 0 Å². The van der Waals surface area contributed by atoms with E-state index < -0.39 is 0 Å². The SMILES string of the molecule is CC(C)(C)c1cc2c3c(c1)C1(C)CCCCC1(C)N3c1cc(-c3ccccc3)cc3c1B2N(c1ccccc1)c1c-3ccc2c1oc1cc3c(cc12)C(C)(C)CCC3(C)C. The highest BCUT2D eigenvalue weighted by atomic mass is 16.3. The first kappa shape index (κ1) is 36.6. The van der Waals surface area contributed by atoms with E-state index in [-0.39, 0.29) is 34.0 Å². The number of hydrogen-bond donors (Lipinski definition) is 0. The number of fused-ring (bicyclic) bond motifs is 12. The van der Waals surface area contributed by atoms with Crippen molar-refractivity contribution in [3.05, 3.63) is 131 Å². The van der Waals surface area contributed by atoms with Crippen LogP contribution in [0.1, 0.15) is 123 Å². The van der Waals surface area contributed by atoms with Crippen molar-refractivity contribution in [1.29, 1.82) is 0 Å². The van der Waals surface area contributed by atoms with Gasteiger partial charge in [-0.3, -0.25) is 0 Å². The molecule has 12 rings (SSSR count). The molecule has 0 radical (unpaired) electrons. The Hall–Kier alpha value is -5.22. The second-order valence-corrected chi connectivity index (χ2v) is 21.9. The van der Waals surface area contributed by atoms with Gasteiger partial charge >= 0.3 is 6.85 Å². The highest BCUT2D eigenvalue weighted by Gasteiger charge is 2.62. The third-order valence-corrected chi connectivity index (χ3v) is 16.6. The van der Waals surface area contributed by atoms with Crippen LogP contribution < -0.4 is 20.6 Å². The maximum atomic E-state index is 7.38. The molecule has 5 aliphatic rings. The van der Waals surface area contributed by atoms with Crippen LogP contribution in [0.4, 0.5) is 22.7 Å². The summed E-state index contributed by atoms with van der Waals surface area (Å²) in [5.74, 6) is 0. The molecule has 0 spiro atoms. The summed E-state index contributed by atoms with van der Waals surface area (Å²) >= 11 is 0. The molecule has 2 unspecified atom stereocenters. The smallest absolute Gasteiger partial charge is 0.333 e. The fourth-order valence-corrected chi connectivity index (χ4v) is 12.8. The summed E-state index contributed by atoms with van der Waals surface area (Å²) in [6.07, 6.45) is 7.25. The molecule has 3 aliphatic heterocycles. The molecule has 4 heteroatoms. The lowest BCUT2D eigenvalue weighted by Gasteiger charge is -2.53. The highest BCUT2D eigenvalue weighted by molar-refractivity contribution is 6.94. The van der Waals surface area contributed by atoms with Crippen molar-refractivity contribution in [1.82, 2.24) is 0 Å². The molecule has 1 aromatic heterocycles. The molecule has 0 saturated heterocycles. The molecule has 0 N–H and O–H groups in total. The molecule has 2 atom stereocenters. The molecule has 0 amide bonds. The zero-order valence-corrected chi connectivity index (χ0v) is 37.0. The second kappa shape index (κ2) is 11.8. The normalized spacial score (nSPS) is 23.0. The number of nitrogens with zero attached hydrogens (tertiary/aromatic N) is 2. The van der Waals surface area contributed by atoms with E-state index in [2.05, 4.69) is 181 Å². The Labute approximate surface area is 356 Å². The van der Waals surface area contributed by atoms with Crippen LogP contribution >= 0.6 is 0 Å². The van der Waals surface area contributed by atoms with Crippen LogP contribution in [-0.2, 0) is 21.7 Å². The lowest BCUT2D eigenvalue weighted by atomic mass is 9.43. The van der Waals surface area contributed by atoms with E-state index in [9.17, 15) is 0 Å². The van der Waals surface area contributed by atoms with Gasteiger partial charge in [0.25, 0.3) is 0 Å². The summed E-state index contributed by atoms with van der Waals surface area (Å²) in [7, 11) is 0. The van der Waals surface area contributed by atoms with Crippen LogP contribution in [0, 0.1) is 0 Å². The van der Waals surface area contributed by atoms with E-state index in [0.29, 0.717) is 0 Å². The van der Waals surface area contributed by atoms with E-state index >= 15 is 0 Å². The Morgan fingerprint density at radius 1 is 0.600 bits per heavy atom. The lowest BCUT2D eigenvalue weighted by Crippen LogP contribution is -2.64. The van der Waals surface area contributed by atoms with E-state index in [4.69, 9.17) is 4.42 Å². The van der Waals surface area contributed by atoms with Gasteiger partial charge in [0, 0.05) is 38.8 Å². The number of para-hydroxylation sites is 1. The van der Waals surface area contributed by atoms with Crippen LogP contribution in [0.25, 0.3) is 44.2 Å². The molecule has 0 bridgehead atoms. The molecule has 60 heavy (non-hydrogen) atoms. The summed E-state index contributed by atoms with van der Waals surface area (Å²) in [5.41, 5.74) is 21.1. The van der Waals surface area contributed by atoms with Crippen LogP contribution in [0.15, 0.2) is 114 Å². The minimum atomic E-state index is -0.0614. The molecule has 1 saturated carbocycles. The van der Waals surface area contributed by atoms with Crippen LogP contribution in [0.5, 0.6) is 0 Å². The molecule has 6 aromatic carbocycles. The maximum Gasteiger partial charge on any atom is 0.333 e. The first-order chi connectivity index (χ1) is 28.6. The van der Waals surface area contributed by atoms with Gasteiger partial charge in [0.15, 0.2) is 5.58 Å². The fourth-order valence-electron chi connectivity index (χ4n) is 12.8. The number of benzene rings is 6. The molecule has 3 nitrogen and oxygen atoms in total. The minimum Gasteiger partial charge on any atom is -0.454 e. The third-order valence-electron chi connectivity index (χ3n) is 16.6. The van der Waals surface area contributed by atoms with Gasteiger partial charge in [-0.05, 0) is 141 Å². The van der Waals surface area contributed by atoms with Crippen molar-refractivity contribution >= 4 is 62.5 Å². The molecule has 1 fully saturated rings. The Bertz CT molecular complexity index is 2970. The van der Waals surface area contributed by atoms with Gasteiger partial charge in [-0.25, -0.2) is 0 Å². The Morgan fingerprint density at radius 2 is 1.28 bits per heavy atom. The number of rotatable bonds is 2. The molecule has 300 valence electrons. The van der Waals surface area contributed by atoms with Crippen molar-refractivity contribution < 1.29 is 4.42 Å². The van der Waals surface area contributed by atoms with Gasteiger partial charge in [-0.1, -0.05) is 135 Å². The first-order valence-electron chi connectivity index (χ1n) is 22.7. The molecule has 2 aliphatic carbocycles. The van der Waals surface area contributed by atoms with Crippen molar-refractivity contribution in [2.24, 2.45) is 0 Å². The largest absolute Gasteiger partial charge is 0.454 e.